The largest absolute Gasteiger partial charge is 0.492 e. The summed E-state index contributed by atoms with van der Waals surface area (Å²) in [5.74, 6) is 1.50. The smallest absolute Gasteiger partial charge is 0.263 e. The van der Waals surface area contributed by atoms with Crippen LogP contribution >= 0.6 is 0 Å². The fourth-order valence-electron chi connectivity index (χ4n) is 2.49. The maximum atomic E-state index is 12.5. The van der Waals surface area contributed by atoms with E-state index in [1.165, 1.54) is 5.56 Å². The number of aryl methyl sites for hydroxylation is 3. The summed E-state index contributed by atoms with van der Waals surface area (Å²) in [4.78, 5) is 20.0. The lowest BCUT2D eigenvalue weighted by atomic mass is 10.2. The SMILES string of the molecule is Cc1ccc(OCCn2c(C)nc3[nH]c(C)cc3c2=O)cc1. The molecule has 0 aliphatic heterocycles. The van der Waals surface area contributed by atoms with Crippen molar-refractivity contribution in [2.24, 2.45) is 0 Å². The third-order valence-corrected chi connectivity index (χ3v) is 3.68. The Morgan fingerprint density at radius 2 is 1.91 bits per heavy atom. The van der Waals surface area contributed by atoms with Gasteiger partial charge in [0.15, 0.2) is 0 Å². The number of aromatic amines is 1. The molecule has 0 unspecified atom stereocenters. The van der Waals surface area contributed by atoms with E-state index < -0.39 is 0 Å². The van der Waals surface area contributed by atoms with Crippen molar-refractivity contribution in [3.8, 4) is 5.75 Å². The Hall–Kier alpha value is -2.56. The molecule has 1 N–H and O–H groups in total. The average molecular weight is 297 g/mol. The van der Waals surface area contributed by atoms with Gasteiger partial charge in [0.1, 0.15) is 23.8 Å². The molecule has 0 aliphatic rings. The molecule has 0 radical (unpaired) electrons. The van der Waals surface area contributed by atoms with Crippen LogP contribution < -0.4 is 10.3 Å². The minimum Gasteiger partial charge on any atom is -0.492 e. The molecular formula is C17H19N3O2. The Kier molecular flexibility index (Phi) is 3.71. The standard InChI is InChI=1S/C17H19N3O2/c1-11-4-6-14(7-5-11)22-9-8-20-13(3)19-16-15(17(20)21)10-12(2)18-16/h4-7,10,18H,8-9H2,1-3H3. The predicted octanol–water partition coefficient (Wildman–Crippen LogP) is 2.73. The number of nitrogens with one attached hydrogen (secondary N) is 1. The summed E-state index contributed by atoms with van der Waals surface area (Å²) in [6.07, 6.45) is 0. The van der Waals surface area contributed by atoms with Crippen LogP contribution in [0, 0.1) is 20.8 Å². The third-order valence-electron chi connectivity index (χ3n) is 3.68. The normalized spacial score (nSPS) is 11.0. The highest BCUT2D eigenvalue weighted by Crippen LogP contribution is 2.12. The van der Waals surface area contributed by atoms with Gasteiger partial charge in [-0.25, -0.2) is 4.98 Å². The molecule has 0 fully saturated rings. The van der Waals surface area contributed by atoms with Gasteiger partial charge in [-0.2, -0.15) is 0 Å². The summed E-state index contributed by atoms with van der Waals surface area (Å²) < 4.78 is 7.35. The van der Waals surface area contributed by atoms with Gasteiger partial charge in [0.05, 0.1) is 11.9 Å². The van der Waals surface area contributed by atoms with E-state index in [9.17, 15) is 4.79 Å². The number of ether oxygens (including phenoxy) is 1. The fraction of sp³-hybridized carbons (Fsp3) is 0.294. The summed E-state index contributed by atoms with van der Waals surface area (Å²) in [6, 6.07) is 9.71. The van der Waals surface area contributed by atoms with Gasteiger partial charge in [0.2, 0.25) is 0 Å². The maximum absolute atomic E-state index is 12.5. The number of nitrogens with zero attached hydrogens (tertiary/aromatic N) is 2. The lowest BCUT2D eigenvalue weighted by Crippen LogP contribution is -2.26. The lowest BCUT2D eigenvalue weighted by Gasteiger charge is -2.11. The van der Waals surface area contributed by atoms with Crippen LogP contribution in [-0.2, 0) is 6.54 Å². The zero-order valence-corrected chi connectivity index (χ0v) is 13.0. The lowest BCUT2D eigenvalue weighted by molar-refractivity contribution is 0.294. The van der Waals surface area contributed by atoms with Gasteiger partial charge < -0.3 is 9.72 Å². The highest BCUT2D eigenvalue weighted by molar-refractivity contribution is 5.75. The van der Waals surface area contributed by atoms with Crippen LogP contribution in [0.1, 0.15) is 17.1 Å². The number of fused-ring (bicyclic) bond motifs is 1. The van der Waals surface area contributed by atoms with Crippen LogP contribution in [-0.4, -0.2) is 21.1 Å². The van der Waals surface area contributed by atoms with Crippen LogP contribution in [0.3, 0.4) is 0 Å². The Morgan fingerprint density at radius 1 is 1.18 bits per heavy atom. The van der Waals surface area contributed by atoms with Gasteiger partial charge in [0.25, 0.3) is 5.56 Å². The molecule has 0 amide bonds. The molecule has 114 valence electrons. The number of H-pyrrole nitrogens is 1. The van der Waals surface area contributed by atoms with Crippen LogP contribution in [0.5, 0.6) is 5.75 Å². The molecule has 2 aromatic heterocycles. The topological polar surface area (TPSA) is 59.9 Å². The van der Waals surface area contributed by atoms with Gasteiger partial charge >= 0.3 is 0 Å². The molecule has 0 saturated heterocycles. The minimum absolute atomic E-state index is 0.0284. The first-order chi connectivity index (χ1) is 10.5. The third kappa shape index (κ3) is 2.74. The van der Waals surface area contributed by atoms with Crippen molar-refractivity contribution in [2.75, 3.05) is 6.61 Å². The Bertz CT molecular complexity index is 860. The number of benzene rings is 1. The first-order valence-electron chi connectivity index (χ1n) is 7.31. The predicted molar refractivity (Wildman–Crippen MR) is 86.5 cm³/mol. The fourth-order valence-corrected chi connectivity index (χ4v) is 2.49. The molecule has 0 bridgehead atoms. The first kappa shape index (κ1) is 14.4. The number of aromatic nitrogens is 3. The molecule has 22 heavy (non-hydrogen) atoms. The highest BCUT2D eigenvalue weighted by atomic mass is 16.5. The van der Waals surface area contributed by atoms with E-state index in [0.717, 1.165) is 11.4 Å². The number of hydrogen-bond donors (Lipinski definition) is 1. The second kappa shape index (κ2) is 5.67. The van der Waals surface area contributed by atoms with E-state index in [1.54, 1.807) is 4.57 Å². The Labute approximate surface area is 128 Å². The van der Waals surface area contributed by atoms with Crippen molar-refractivity contribution >= 4 is 11.0 Å². The van der Waals surface area contributed by atoms with E-state index >= 15 is 0 Å². The molecule has 5 heteroatoms. The van der Waals surface area contributed by atoms with Crippen LogP contribution in [0.15, 0.2) is 35.1 Å². The van der Waals surface area contributed by atoms with Crippen molar-refractivity contribution in [3.05, 3.63) is 57.8 Å². The van der Waals surface area contributed by atoms with Gasteiger partial charge in [-0.15, -0.1) is 0 Å². The molecule has 2 heterocycles. The Balaban J connectivity index is 1.79. The Morgan fingerprint density at radius 3 is 2.64 bits per heavy atom. The highest BCUT2D eigenvalue weighted by Gasteiger charge is 2.10. The molecule has 1 aromatic carbocycles. The summed E-state index contributed by atoms with van der Waals surface area (Å²) >= 11 is 0. The second-order valence-corrected chi connectivity index (χ2v) is 5.49. The van der Waals surface area contributed by atoms with Crippen molar-refractivity contribution in [3.63, 3.8) is 0 Å². The zero-order chi connectivity index (χ0) is 15.7. The van der Waals surface area contributed by atoms with E-state index in [1.807, 2.05) is 51.1 Å². The number of rotatable bonds is 4. The summed E-state index contributed by atoms with van der Waals surface area (Å²) in [7, 11) is 0. The number of hydrogen-bond acceptors (Lipinski definition) is 3. The molecule has 0 spiro atoms. The minimum atomic E-state index is -0.0284. The maximum Gasteiger partial charge on any atom is 0.263 e. The van der Waals surface area contributed by atoms with Crippen LogP contribution in [0.2, 0.25) is 0 Å². The molecule has 3 aromatic rings. The zero-order valence-electron chi connectivity index (χ0n) is 13.0. The van der Waals surface area contributed by atoms with E-state index in [0.29, 0.717) is 30.0 Å². The van der Waals surface area contributed by atoms with Gasteiger partial charge in [0, 0.05) is 5.69 Å². The average Bonchev–Trinajstić information content (AvgIpc) is 2.85. The van der Waals surface area contributed by atoms with Crippen molar-refractivity contribution in [1.82, 2.24) is 14.5 Å². The second-order valence-electron chi connectivity index (χ2n) is 5.49. The molecule has 0 atom stereocenters. The summed E-state index contributed by atoms with van der Waals surface area (Å²) in [6.45, 7) is 6.70. The van der Waals surface area contributed by atoms with Crippen molar-refractivity contribution in [1.29, 1.82) is 0 Å². The molecule has 3 rings (SSSR count). The van der Waals surface area contributed by atoms with Crippen LogP contribution in [0.25, 0.3) is 11.0 Å². The van der Waals surface area contributed by atoms with Crippen LogP contribution in [0.4, 0.5) is 0 Å². The van der Waals surface area contributed by atoms with Crippen molar-refractivity contribution in [2.45, 2.75) is 27.3 Å². The molecule has 0 saturated carbocycles. The first-order valence-corrected chi connectivity index (χ1v) is 7.31. The molecule has 5 nitrogen and oxygen atoms in total. The molecular weight excluding hydrogens is 278 g/mol. The quantitative estimate of drug-likeness (QED) is 0.805. The van der Waals surface area contributed by atoms with E-state index in [2.05, 4.69) is 9.97 Å². The summed E-state index contributed by atoms with van der Waals surface area (Å²) in [5.41, 5.74) is 2.75. The summed E-state index contributed by atoms with van der Waals surface area (Å²) in [5, 5.41) is 0.624. The monoisotopic (exact) mass is 297 g/mol. The molecule has 0 aliphatic carbocycles. The van der Waals surface area contributed by atoms with Crippen molar-refractivity contribution < 1.29 is 4.74 Å². The van der Waals surface area contributed by atoms with E-state index in [-0.39, 0.29) is 5.56 Å². The van der Waals surface area contributed by atoms with E-state index in [4.69, 9.17) is 4.74 Å². The van der Waals surface area contributed by atoms with Gasteiger partial charge in [-0.05, 0) is 39.0 Å². The van der Waals surface area contributed by atoms with Gasteiger partial charge in [-0.3, -0.25) is 9.36 Å². The van der Waals surface area contributed by atoms with Gasteiger partial charge in [-0.1, -0.05) is 17.7 Å².